The standard InChI is InChI=1S/C52H88N2O40/c1-12(61)53-14-9-80-19(7-59)41(24(14)63)90-46-23(54-13(2)62)31(70)42(20(8-60)87-46)91-51-40(79)44(93-52-45(35(74)28(67)18(6-58)86-52)94-50-38(77)34(73)27(66)17(5-57)85-50)30(69)22(89-51)11-82-48-39(78)43(92-49-37(76)33(72)26(65)16(4-56)84-49)29(68)21(88-48)10-81-47-36(75)32(71)25(64)15(3-55)83-47/h14-52,55-60,63-79H,3-11H2,1-2H3,(H,53,61)(H,54,62)/t14-,15+,16+,17+,18+,19+,20+,21+,22+,23+,24+,25+,26+,27+,28+,29+,30+,31+,32-,33-,34-,35-,36-,37-,38-,39-,40-,41+,42+,43-,44-,45-,46-,47+,48+,49-,50-,51-,52-/m0/s1. The van der Waals surface area contributed by atoms with E-state index < -0.39 is 304 Å². The molecule has 0 aliphatic carbocycles. The molecule has 8 aliphatic heterocycles. The molecule has 2 amide bonds. The molecule has 94 heavy (non-hydrogen) atoms. The lowest BCUT2D eigenvalue weighted by atomic mass is 9.94. The number of aliphatic hydroxyl groups excluding tert-OH is 23. The molecular formula is C52H88N2O40. The van der Waals surface area contributed by atoms with Gasteiger partial charge in [-0.05, 0) is 0 Å². The van der Waals surface area contributed by atoms with Crippen molar-refractivity contribution < 1.29 is 198 Å². The Bertz CT molecular complexity index is 2350. The van der Waals surface area contributed by atoms with E-state index in [-0.39, 0.29) is 6.61 Å². The Labute approximate surface area is 532 Å². The number of ether oxygens (including phenoxy) is 15. The van der Waals surface area contributed by atoms with E-state index in [1.807, 2.05) is 0 Å². The molecule has 0 aromatic heterocycles. The first kappa shape index (κ1) is 77.2. The van der Waals surface area contributed by atoms with Crippen LogP contribution >= 0.6 is 0 Å². The molecule has 0 bridgehead atoms. The summed E-state index contributed by atoms with van der Waals surface area (Å²) in [6.45, 7) is -6.16. The van der Waals surface area contributed by atoms with Crippen molar-refractivity contribution in [2.24, 2.45) is 0 Å². The molecule has 0 aromatic rings. The van der Waals surface area contributed by atoms with Gasteiger partial charge in [-0.1, -0.05) is 0 Å². The van der Waals surface area contributed by atoms with Crippen molar-refractivity contribution >= 4 is 11.8 Å². The first-order valence-corrected chi connectivity index (χ1v) is 30.0. The highest BCUT2D eigenvalue weighted by Gasteiger charge is 2.59. The van der Waals surface area contributed by atoms with Gasteiger partial charge in [-0.3, -0.25) is 9.59 Å². The second kappa shape index (κ2) is 33.7. The predicted molar refractivity (Wildman–Crippen MR) is 286 cm³/mol. The number of nitrogens with one attached hydrogen (secondary N) is 2. The molecular weight excluding hydrogens is 1290 g/mol. The zero-order chi connectivity index (χ0) is 69.1. The van der Waals surface area contributed by atoms with Gasteiger partial charge in [0.2, 0.25) is 11.8 Å². The lowest BCUT2D eigenvalue weighted by Gasteiger charge is -2.50. The quantitative estimate of drug-likeness (QED) is 0.0427. The summed E-state index contributed by atoms with van der Waals surface area (Å²) in [5, 5.41) is 256. The van der Waals surface area contributed by atoms with Gasteiger partial charge in [0.1, 0.15) is 189 Å². The van der Waals surface area contributed by atoms with Gasteiger partial charge >= 0.3 is 0 Å². The molecule has 8 rings (SSSR count). The van der Waals surface area contributed by atoms with Crippen LogP contribution in [0.15, 0.2) is 0 Å². The highest BCUT2D eigenvalue weighted by atomic mass is 16.8. The molecule has 546 valence electrons. The van der Waals surface area contributed by atoms with Crippen LogP contribution in [0.1, 0.15) is 13.8 Å². The SMILES string of the molecule is CC(=O)N[C@H]1[C@H](O[C@H]2[C@H](O)[C@@H](NC(C)=O)CO[C@@H]2CO)O[C@H](CO)[C@@H](O[C@@H]2O[C@H](CO[C@@H]3O[C@H](CO[C@@H]4O[C@H](CO)[C@@H](O)[C@H](O)[C@@H]4O)[C@@H](O)[C@H](O[C@@H]4O[C@H](CO)[C@@H](O)[C@H](O)[C@@H]4O)[C@@H]3O)[C@@H](O)[C@H](O[C@@H]3O[C@H](CO)[C@@H](O)[C@H](O)[C@@H]3O[C@@H]3O[C@H](CO)[C@@H](O)[C@H](O)[C@@H]3O)[C@@H]2O)[C@@H]1O. The summed E-state index contributed by atoms with van der Waals surface area (Å²) in [7, 11) is 0. The third-order valence-corrected chi connectivity index (χ3v) is 17.4. The fourth-order valence-corrected chi connectivity index (χ4v) is 12.0. The van der Waals surface area contributed by atoms with Crippen molar-refractivity contribution in [3.8, 4) is 0 Å². The zero-order valence-corrected chi connectivity index (χ0v) is 50.1. The normalized spacial score (nSPS) is 50.4. The molecule has 8 aliphatic rings. The van der Waals surface area contributed by atoms with E-state index in [9.17, 15) is 127 Å². The van der Waals surface area contributed by atoms with Gasteiger partial charge in [0.15, 0.2) is 44.0 Å². The maximum atomic E-state index is 12.8. The highest BCUT2D eigenvalue weighted by molar-refractivity contribution is 5.73. The number of carbonyl (C=O) groups excluding carboxylic acids is 2. The fourth-order valence-electron chi connectivity index (χ4n) is 12.0. The molecule has 39 atom stereocenters. The van der Waals surface area contributed by atoms with Crippen LogP contribution in [0.25, 0.3) is 0 Å². The minimum atomic E-state index is -2.46. The van der Waals surface area contributed by atoms with Crippen LogP contribution in [0, 0.1) is 0 Å². The van der Waals surface area contributed by atoms with E-state index in [1.165, 1.54) is 0 Å². The van der Waals surface area contributed by atoms with Crippen molar-refractivity contribution in [3.05, 3.63) is 0 Å². The maximum Gasteiger partial charge on any atom is 0.217 e. The Kier molecular flexibility index (Phi) is 27.7. The Morgan fingerprint density at radius 2 is 0.638 bits per heavy atom. The predicted octanol–water partition coefficient (Wildman–Crippen LogP) is -17.5. The van der Waals surface area contributed by atoms with Crippen LogP contribution in [0.5, 0.6) is 0 Å². The number of carbonyl (C=O) groups is 2. The summed E-state index contributed by atoms with van der Waals surface area (Å²) in [6.07, 6.45) is -74.6. The average molecular weight is 1380 g/mol. The van der Waals surface area contributed by atoms with Crippen LogP contribution in [-0.2, 0) is 80.6 Å². The average Bonchev–Trinajstić information content (AvgIpc) is 0.782. The van der Waals surface area contributed by atoms with Crippen LogP contribution in [0.4, 0.5) is 0 Å². The largest absolute Gasteiger partial charge is 0.394 e. The third kappa shape index (κ3) is 16.7. The number of amides is 2. The summed E-state index contributed by atoms with van der Waals surface area (Å²) in [5.41, 5.74) is 0. The first-order chi connectivity index (χ1) is 44.5. The Morgan fingerprint density at radius 1 is 0.309 bits per heavy atom. The molecule has 42 heteroatoms. The molecule has 0 radical (unpaired) electrons. The van der Waals surface area contributed by atoms with Gasteiger partial charge < -0.3 is 199 Å². The van der Waals surface area contributed by atoms with Gasteiger partial charge in [0.05, 0.1) is 65.5 Å². The van der Waals surface area contributed by atoms with Gasteiger partial charge in [-0.2, -0.15) is 0 Å². The smallest absolute Gasteiger partial charge is 0.217 e. The first-order valence-electron chi connectivity index (χ1n) is 30.0. The molecule has 8 fully saturated rings. The molecule has 0 spiro atoms. The summed E-state index contributed by atoms with van der Waals surface area (Å²) in [4.78, 5) is 24.8. The molecule has 8 saturated heterocycles. The van der Waals surface area contributed by atoms with Crippen molar-refractivity contribution in [1.82, 2.24) is 10.6 Å². The molecule has 8 heterocycles. The molecule has 0 unspecified atom stereocenters. The fraction of sp³-hybridized carbons (Fsp3) is 0.962. The molecule has 42 nitrogen and oxygen atoms in total. The summed E-state index contributed by atoms with van der Waals surface area (Å²) < 4.78 is 87.1. The highest BCUT2D eigenvalue weighted by Crippen LogP contribution is 2.38. The Hall–Kier alpha value is -2.58. The summed E-state index contributed by atoms with van der Waals surface area (Å²) in [5.74, 6) is -1.47. The third-order valence-electron chi connectivity index (χ3n) is 17.4. The topological polar surface area (TPSA) is 662 Å². The summed E-state index contributed by atoms with van der Waals surface area (Å²) in [6, 6.07) is -2.94. The Morgan fingerprint density at radius 3 is 1.11 bits per heavy atom. The lowest BCUT2D eigenvalue weighted by molar-refractivity contribution is -0.399. The zero-order valence-electron chi connectivity index (χ0n) is 50.1. The van der Waals surface area contributed by atoms with E-state index >= 15 is 0 Å². The minimum Gasteiger partial charge on any atom is -0.394 e. The second-order valence-electron chi connectivity index (χ2n) is 23.8. The number of aliphatic hydroxyl groups is 23. The Balaban J connectivity index is 1.12. The van der Waals surface area contributed by atoms with E-state index in [0.29, 0.717) is 0 Å². The molecule has 0 aromatic carbocycles. The van der Waals surface area contributed by atoms with Crippen LogP contribution < -0.4 is 10.6 Å². The van der Waals surface area contributed by atoms with Crippen LogP contribution in [0.3, 0.4) is 0 Å². The van der Waals surface area contributed by atoms with Gasteiger partial charge in [-0.25, -0.2) is 0 Å². The maximum absolute atomic E-state index is 12.8. The molecule has 0 saturated carbocycles. The van der Waals surface area contributed by atoms with E-state index in [0.717, 1.165) is 13.8 Å². The van der Waals surface area contributed by atoms with Gasteiger partial charge in [0.25, 0.3) is 0 Å². The van der Waals surface area contributed by atoms with Crippen molar-refractivity contribution in [3.63, 3.8) is 0 Å². The minimum absolute atomic E-state index is 0.315. The van der Waals surface area contributed by atoms with Crippen LogP contribution in [-0.4, -0.2) is 428 Å². The van der Waals surface area contributed by atoms with E-state index in [2.05, 4.69) is 10.6 Å². The number of hydrogen-bond donors (Lipinski definition) is 25. The second-order valence-corrected chi connectivity index (χ2v) is 23.8. The van der Waals surface area contributed by atoms with Crippen LogP contribution in [0.2, 0.25) is 0 Å². The number of rotatable bonds is 24. The van der Waals surface area contributed by atoms with Crippen molar-refractivity contribution in [2.45, 2.75) is 253 Å². The monoisotopic (exact) mass is 1380 g/mol. The van der Waals surface area contributed by atoms with Crippen molar-refractivity contribution in [1.29, 1.82) is 0 Å². The summed E-state index contributed by atoms with van der Waals surface area (Å²) >= 11 is 0. The van der Waals surface area contributed by atoms with E-state index in [1.54, 1.807) is 0 Å². The van der Waals surface area contributed by atoms with Crippen molar-refractivity contribution in [2.75, 3.05) is 59.5 Å². The lowest BCUT2D eigenvalue weighted by Crippen LogP contribution is -2.70. The van der Waals surface area contributed by atoms with Gasteiger partial charge in [0, 0.05) is 13.8 Å². The number of hydrogen-bond acceptors (Lipinski definition) is 40. The van der Waals surface area contributed by atoms with E-state index in [4.69, 9.17) is 71.1 Å². The van der Waals surface area contributed by atoms with Gasteiger partial charge in [-0.15, -0.1) is 0 Å². The molecule has 25 N–H and O–H groups in total.